The number of anilines is 1. The highest BCUT2D eigenvalue weighted by Gasteiger charge is 2.11. The maximum atomic E-state index is 12.0. The number of amides is 2. The minimum atomic E-state index is -0.126. The minimum absolute atomic E-state index is 0.0872. The highest BCUT2D eigenvalue weighted by molar-refractivity contribution is 5.91. The van der Waals surface area contributed by atoms with Crippen molar-refractivity contribution in [3.05, 3.63) is 54.6 Å². The number of carbonyl (C=O) groups excluding carboxylic acids is 2. The van der Waals surface area contributed by atoms with Crippen LogP contribution in [0.5, 0.6) is 11.5 Å². The molecule has 0 fully saturated rings. The van der Waals surface area contributed by atoms with Crippen molar-refractivity contribution in [1.82, 2.24) is 4.90 Å². The van der Waals surface area contributed by atoms with Gasteiger partial charge in [-0.1, -0.05) is 18.2 Å². The van der Waals surface area contributed by atoms with Crippen molar-refractivity contribution in [2.24, 2.45) is 0 Å². The van der Waals surface area contributed by atoms with Crippen molar-refractivity contribution in [2.45, 2.75) is 13.3 Å². The summed E-state index contributed by atoms with van der Waals surface area (Å²) in [7, 11) is 1.61. The first kappa shape index (κ1) is 19.3. The molecule has 0 radical (unpaired) electrons. The van der Waals surface area contributed by atoms with Gasteiger partial charge in [-0.05, 0) is 36.4 Å². The summed E-state index contributed by atoms with van der Waals surface area (Å²) in [6.45, 7) is 2.61. The maximum absolute atomic E-state index is 12.0. The third-order valence-corrected chi connectivity index (χ3v) is 3.80. The first-order valence-electron chi connectivity index (χ1n) is 8.46. The fourth-order valence-electron chi connectivity index (χ4n) is 2.35. The lowest BCUT2D eigenvalue weighted by atomic mass is 10.3. The Morgan fingerprint density at radius 1 is 0.962 bits per heavy atom. The Labute approximate surface area is 153 Å². The molecule has 0 aromatic heterocycles. The normalized spacial score (nSPS) is 10.1. The second kappa shape index (κ2) is 10.1. The van der Waals surface area contributed by atoms with Crippen LogP contribution in [0.25, 0.3) is 0 Å². The molecule has 0 saturated carbocycles. The number of hydrogen-bond acceptors (Lipinski definition) is 4. The molecule has 1 N–H and O–H groups in total. The molecule has 6 heteroatoms. The first-order chi connectivity index (χ1) is 12.6. The van der Waals surface area contributed by atoms with Gasteiger partial charge in [-0.2, -0.15) is 0 Å². The zero-order chi connectivity index (χ0) is 18.8. The predicted octanol–water partition coefficient (Wildman–Crippen LogP) is 2.95. The molecule has 0 spiro atoms. The van der Waals surface area contributed by atoms with Gasteiger partial charge in [-0.15, -0.1) is 0 Å². The van der Waals surface area contributed by atoms with Crippen LogP contribution in [0.2, 0.25) is 0 Å². The van der Waals surface area contributed by atoms with Gasteiger partial charge in [0.05, 0.1) is 13.7 Å². The fourth-order valence-corrected chi connectivity index (χ4v) is 2.35. The molecule has 0 heterocycles. The molecule has 138 valence electrons. The Bertz CT molecular complexity index is 702. The molecule has 2 aromatic carbocycles. The van der Waals surface area contributed by atoms with Crippen LogP contribution in [0, 0.1) is 0 Å². The summed E-state index contributed by atoms with van der Waals surface area (Å²) in [6.07, 6.45) is 0.233. The molecule has 0 aliphatic rings. The van der Waals surface area contributed by atoms with Crippen molar-refractivity contribution in [3.8, 4) is 11.5 Å². The third kappa shape index (κ3) is 6.47. The van der Waals surface area contributed by atoms with Gasteiger partial charge in [0.25, 0.3) is 0 Å². The van der Waals surface area contributed by atoms with Crippen molar-refractivity contribution in [1.29, 1.82) is 0 Å². The quantitative estimate of drug-likeness (QED) is 0.750. The number of para-hydroxylation sites is 1. The fraction of sp³-hybridized carbons (Fsp3) is 0.300. The number of rotatable bonds is 9. The molecule has 0 saturated heterocycles. The number of methoxy groups -OCH3 is 1. The molecule has 0 unspecified atom stereocenters. The largest absolute Gasteiger partial charge is 0.497 e. The van der Waals surface area contributed by atoms with E-state index >= 15 is 0 Å². The van der Waals surface area contributed by atoms with Crippen LogP contribution in [-0.2, 0) is 9.59 Å². The molecule has 2 amide bonds. The number of nitrogens with one attached hydrogen (secondary N) is 1. The van der Waals surface area contributed by atoms with E-state index < -0.39 is 0 Å². The van der Waals surface area contributed by atoms with Gasteiger partial charge in [0, 0.05) is 25.6 Å². The molecule has 2 rings (SSSR count). The zero-order valence-electron chi connectivity index (χ0n) is 15.1. The molecule has 2 aromatic rings. The van der Waals surface area contributed by atoms with Crippen molar-refractivity contribution < 1.29 is 19.1 Å². The van der Waals surface area contributed by atoms with Crippen LogP contribution in [-0.4, -0.2) is 43.5 Å². The van der Waals surface area contributed by atoms with Crippen molar-refractivity contribution in [2.75, 3.05) is 32.1 Å². The van der Waals surface area contributed by atoms with Crippen LogP contribution in [0.4, 0.5) is 5.69 Å². The Kier molecular flexibility index (Phi) is 7.49. The van der Waals surface area contributed by atoms with E-state index in [0.717, 1.165) is 11.4 Å². The molecule has 6 nitrogen and oxygen atoms in total. The molecule has 0 aliphatic heterocycles. The van der Waals surface area contributed by atoms with Crippen LogP contribution >= 0.6 is 0 Å². The van der Waals surface area contributed by atoms with Gasteiger partial charge in [0.1, 0.15) is 18.1 Å². The summed E-state index contributed by atoms with van der Waals surface area (Å²) in [5.74, 6) is 1.25. The van der Waals surface area contributed by atoms with E-state index in [4.69, 9.17) is 9.47 Å². The van der Waals surface area contributed by atoms with Gasteiger partial charge in [0.2, 0.25) is 11.8 Å². The average Bonchev–Trinajstić information content (AvgIpc) is 2.65. The van der Waals surface area contributed by atoms with E-state index in [9.17, 15) is 9.59 Å². The van der Waals surface area contributed by atoms with Gasteiger partial charge in [0.15, 0.2) is 0 Å². The lowest BCUT2D eigenvalue weighted by Gasteiger charge is -2.21. The second-order valence-corrected chi connectivity index (χ2v) is 5.69. The van der Waals surface area contributed by atoms with E-state index in [1.807, 2.05) is 54.6 Å². The van der Waals surface area contributed by atoms with Crippen LogP contribution in [0.15, 0.2) is 54.6 Å². The van der Waals surface area contributed by atoms with E-state index in [1.54, 1.807) is 12.0 Å². The number of carbonyl (C=O) groups is 2. The summed E-state index contributed by atoms with van der Waals surface area (Å²) in [4.78, 5) is 25.4. The number of nitrogens with zero attached hydrogens (tertiary/aromatic N) is 1. The molecular weight excluding hydrogens is 332 g/mol. The molecule has 0 atom stereocenters. The maximum Gasteiger partial charge on any atom is 0.226 e. The van der Waals surface area contributed by atoms with Crippen LogP contribution < -0.4 is 14.8 Å². The van der Waals surface area contributed by atoms with Gasteiger partial charge in [-0.3, -0.25) is 9.59 Å². The highest BCUT2D eigenvalue weighted by atomic mass is 16.5. The minimum Gasteiger partial charge on any atom is -0.497 e. The Morgan fingerprint density at radius 2 is 1.62 bits per heavy atom. The lowest BCUT2D eigenvalue weighted by Crippen LogP contribution is -2.35. The van der Waals surface area contributed by atoms with E-state index in [0.29, 0.717) is 25.4 Å². The summed E-state index contributed by atoms with van der Waals surface area (Å²) in [5.41, 5.74) is 0.745. The Balaban J connectivity index is 1.75. The summed E-state index contributed by atoms with van der Waals surface area (Å²) < 4.78 is 10.7. The van der Waals surface area contributed by atoms with E-state index in [1.165, 1.54) is 6.92 Å². The molecule has 26 heavy (non-hydrogen) atoms. The summed E-state index contributed by atoms with van der Waals surface area (Å²) in [6, 6.07) is 16.5. The predicted molar refractivity (Wildman–Crippen MR) is 100 cm³/mol. The van der Waals surface area contributed by atoms with E-state index in [-0.39, 0.29) is 18.2 Å². The SMILES string of the molecule is COc1ccc(OCCN(CCC(=O)Nc2ccccc2)C(C)=O)cc1. The van der Waals surface area contributed by atoms with Gasteiger partial charge < -0.3 is 19.7 Å². The van der Waals surface area contributed by atoms with Crippen molar-refractivity contribution >= 4 is 17.5 Å². The molecule has 0 aliphatic carbocycles. The van der Waals surface area contributed by atoms with Crippen LogP contribution in [0.3, 0.4) is 0 Å². The molecular formula is C20H24N2O4. The topological polar surface area (TPSA) is 67.9 Å². The average molecular weight is 356 g/mol. The van der Waals surface area contributed by atoms with Crippen LogP contribution in [0.1, 0.15) is 13.3 Å². The second-order valence-electron chi connectivity index (χ2n) is 5.69. The lowest BCUT2D eigenvalue weighted by molar-refractivity contribution is -0.129. The summed E-state index contributed by atoms with van der Waals surface area (Å²) >= 11 is 0. The number of benzene rings is 2. The highest BCUT2D eigenvalue weighted by Crippen LogP contribution is 2.16. The summed E-state index contributed by atoms with van der Waals surface area (Å²) in [5, 5.41) is 2.81. The smallest absolute Gasteiger partial charge is 0.226 e. The zero-order valence-corrected chi connectivity index (χ0v) is 15.1. The van der Waals surface area contributed by atoms with Gasteiger partial charge >= 0.3 is 0 Å². The number of hydrogen-bond donors (Lipinski definition) is 1. The Hall–Kier alpha value is -3.02. The number of ether oxygens (including phenoxy) is 2. The molecule has 0 bridgehead atoms. The first-order valence-corrected chi connectivity index (χ1v) is 8.46. The standard InChI is InChI=1S/C20H24N2O4/c1-16(23)22(13-12-20(24)21-17-6-4-3-5-7-17)14-15-26-19-10-8-18(25-2)9-11-19/h3-11H,12-15H2,1-2H3,(H,21,24). The van der Waals surface area contributed by atoms with Gasteiger partial charge in [-0.25, -0.2) is 0 Å². The Morgan fingerprint density at radius 3 is 2.23 bits per heavy atom. The third-order valence-electron chi connectivity index (χ3n) is 3.80. The van der Waals surface area contributed by atoms with Crippen molar-refractivity contribution in [3.63, 3.8) is 0 Å². The monoisotopic (exact) mass is 356 g/mol. The van der Waals surface area contributed by atoms with E-state index in [2.05, 4.69) is 5.32 Å².